The zero-order valence-corrected chi connectivity index (χ0v) is 15.5. The van der Waals surface area contributed by atoms with Gasteiger partial charge in [0.2, 0.25) is 5.91 Å². The molecule has 0 saturated carbocycles. The van der Waals surface area contributed by atoms with Gasteiger partial charge in [-0.2, -0.15) is 0 Å². The van der Waals surface area contributed by atoms with Crippen molar-refractivity contribution in [1.82, 2.24) is 14.4 Å². The van der Waals surface area contributed by atoms with E-state index >= 15 is 0 Å². The second-order valence-electron chi connectivity index (χ2n) is 7.40. The average Bonchev–Trinajstić information content (AvgIpc) is 3.09. The molecule has 0 N–H and O–H groups in total. The zero-order chi connectivity index (χ0) is 17.6. The van der Waals surface area contributed by atoms with Crippen LogP contribution in [0.1, 0.15) is 18.0 Å². The molecule has 1 fully saturated rings. The summed E-state index contributed by atoms with van der Waals surface area (Å²) < 4.78 is 1.96. The summed E-state index contributed by atoms with van der Waals surface area (Å²) in [5.41, 5.74) is 1.99. The van der Waals surface area contributed by atoms with E-state index in [1.807, 2.05) is 52.0 Å². The number of amides is 1. The molecule has 0 aliphatic carbocycles. The lowest BCUT2D eigenvalue weighted by atomic mass is 9.83. The maximum atomic E-state index is 13.0. The minimum absolute atomic E-state index is 0.114. The molecule has 5 nitrogen and oxygen atoms in total. The number of hydrogen-bond donors (Lipinski definition) is 0. The molecule has 4 heterocycles. The van der Waals surface area contributed by atoms with E-state index in [0.717, 1.165) is 42.2 Å². The van der Waals surface area contributed by atoms with E-state index in [-0.39, 0.29) is 17.4 Å². The maximum absolute atomic E-state index is 13.0. The van der Waals surface area contributed by atoms with Crippen molar-refractivity contribution < 1.29 is 4.79 Å². The molecule has 2 aliphatic heterocycles. The summed E-state index contributed by atoms with van der Waals surface area (Å²) in [5, 5.41) is 2.00. The number of thiophene rings is 1. The Morgan fingerprint density at radius 2 is 2.08 bits per heavy atom. The lowest BCUT2D eigenvalue weighted by Crippen LogP contribution is -2.51. The van der Waals surface area contributed by atoms with Gasteiger partial charge < -0.3 is 14.4 Å². The van der Waals surface area contributed by atoms with Crippen LogP contribution in [0.4, 0.5) is 0 Å². The Bertz CT molecular complexity index is 841. The molecule has 0 radical (unpaired) electrons. The number of hydrogen-bond acceptors (Lipinski definition) is 4. The molecule has 1 amide bonds. The fraction of sp³-hybridized carbons (Fsp3) is 0.474. The van der Waals surface area contributed by atoms with Crippen molar-refractivity contribution in [3.63, 3.8) is 0 Å². The third-order valence-corrected chi connectivity index (χ3v) is 6.10. The quantitative estimate of drug-likeness (QED) is 0.845. The van der Waals surface area contributed by atoms with E-state index in [9.17, 15) is 9.59 Å². The minimum Gasteiger partial charge on any atom is -0.341 e. The number of fused-ring (bicyclic) bond motifs is 4. The van der Waals surface area contributed by atoms with Crippen LogP contribution in [0, 0.1) is 5.92 Å². The molecule has 0 unspecified atom stereocenters. The molecule has 6 heteroatoms. The Kier molecular flexibility index (Phi) is 4.25. The summed E-state index contributed by atoms with van der Waals surface area (Å²) in [6, 6.07) is 8.03. The summed E-state index contributed by atoms with van der Waals surface area (Å²) in [7, 11) is 3.84. The van der Waals surface area contributed by atoms with Gasteiger partial charge in [0.05, 0.1) is 12.1 Å². The summed E-state index contributed by atoms with van der Waals surface area (Å²) in [4.78, 5) is 30.4. The molecule has 4 rings (SSSR count). The molecule has 2 atom stereocenters. The van der Waals surface area contributed by atoms with E-state index in [0.29, 0.717) is 12.5 Å². The van der Waals surface area contributed by atoms with Crippen LogP contribution in [-0.2, 0) is 11.3 Å². The van der Waals surface area contributed by atoms with Crippen molar-refractivity contribution in [2.45, 2.75) is 18.9 Å². The smallest absolute Gasteiger partial charge is 0.259 e. The lowest BCUT2D eigenvalue weighted by molar-refractivity contribution is -0.134. The molecule has 2 aromatic rings. The summed E-state index contributed by atoms with van der Waals surface area (Å²) in [5.74, 6) is 0.822. The number of likely N-dealkylation sites (tertiary alicyclic amines) is 1. The van der Waals surface area contributed by atoms with E-state index in [1.165, 1.54) is 0 Å². The normalized spacial score (nSPS) is 22.1. The first kappa shape index (κ1) is 16.5. The topological polar surface area (TPSA) is 45.6 Å². The summed E-state index contributed by atoms with van der Waals surface area (Å²) >= 11 is 1.60. The molecular weight excluding hydrogens is 334 g/mol. The second-order valence-corrected chi connectivity index (χ2v) is 8.35. The van der Waals surface area contributed by atoms with Crippen molar-refractivity contribution >= 4 is 17.2 Å². The van der Waals surface area contributed by atoms with Crippen LogP contribution in [0.3, 0.4) is 0 Å². The highest BCUT2D eigenvalue weighted by molar-refractivity contribution is 7.13. The Labute approximate surface area is 151 Å². The van der Waals surface area contributed by atoms with Gasteiger partial charge in [0.25, 0.3) is 5.56 Å². The van der Waals surface area contributed by atoms with Gasteiger partial charge in [-0.05, 0) is 50.0 Å². The highest BCUT2D eigenvalue weighted by atomic mass is 32.1. The third-order valence-electron chi connectivity index (χ3n) is 5.20. The molecule has 0 aromatic carbocycles. The highest BCUT2D eigenvalue weighted by Crippen LogP contribution is 2.36. The lowest BCUT2D eigenvalue weighted by Gasteiger charge is -2.43. The molecule has 132 valence electrons. The van der Waals surface area contributed by atoms with Crippen LogP contribution in [0.15, 0.2) is 34.4 Å². The molecule has 2 bridgehead atoms. The van der Waals surface area contributed by atoms with Gasteiger partial charge in [0, 0.05) is 36.1 Å². The Morgan fingerprint density at radius 1 is 1.24 bits per heavy atom. The molecule has 25 heavy (non-hydrogen) atoms. The monoisotopic (exact) mass is 357 g/mol. The number of piperidine rings is 1. The maximum Gasteiger partial charge on any atom is 0.259 e. The zero-order valence-electron chi connectivity index (χ0n) is 14.6. The van der Waals surface area contributed by atoms with Crippen LogP contribution in [0.25, 0.3) is 10.4 Å². The largest absolute Gasteiger partial charge is 0.341 e. The van der Waals surface area contributed by atoms with Crippen molar-refractivity contribution in [2.75, 3.05) is 33.7 Å². The number of carbonyl (C=O) groups excluding carboxylic acids is 1. The molecule has 2 aromatic heterocycles. The van der Waals surface area contributed by atoms with E-state index in [1.54, 1.807) is 11.3 Å². The average molecular weight is 357 g/mol. The van der Waals surface area contributed by atoms with E-state index in [2.05, 4.69) is 6.07 Å². The van der Waals surface area contributed by atoms with Crippen molar-refractivity contribution in [3.05, 3.63) is 45.7 Å². The van der Waals surface area contributed by atoms with E-state index in [4.69, 9.17) is 0 Å². The van der Waals surface area contributed by atoms with Gasteiger partial charge in [-0.15, -0.1) is 11.3 Å². The Morgan fingerprint density at radius 3 is 2.80 bits per heavy atom. The molecular formula is C19H23N3O2S. The molecule has 2 aliphatic rings. The first-order valence-electron chi connectivity index (χ1n) is 8.73. The van der Waals surface area contributed by atoms with Crippen LogP contribution < -0.4 is 5.56 Å². The number of nitrogens with zero attached hydrogens (tertiary/aromatic N) is 3. The fourth-order valence-corrected chi connectivity index (χ4v) is 4.88. The number of carbonyl (C=O) groups is 1. The molecule has 1 saturated heterocycles. The van der Waals surface area contributed by atoms with Crippen LogP contribution in [0.2, 0.25) is 0 Å². The van der Waals surface area contributed by atoms with Crippen LogP contribution >= 0.6 is 11.3 Å². The minimum atomic E-state index is 0.114. The standard InChI is InChI=1S/C19H23N3O2S/c1-20(2)12-18(23)21-9-13-8-14(11-21)16-6-5-15(17-4-3-7-25-17)19(24)22(16)10-13/h3-7,13-14H,8-12H2,1-2H3/t13-,14-/m1/s1. The van der Waals surface area contributed by atoms with Gasteiger partial charge in [0.1, 0.15) is 0 Å². The number of pyridine rings is 1. The predicted octanol–water partition coefficient (Wildman–Crippen LogP) is 2.08. The van der Waals surface area contributed by atoms with Gasteiger partial charge >= 0.3 is 0 Å². The Balaban J connectivity index is 1.64. The van der Waals surface area contributed by atoms with Gasteiger partial charge in [-0.25, -0.2) is 0 Å². The fourth-order valence-electron chi connectivity index (χ4n) is 4.14. The van der Waals surface area contributed by atoms with Crippen molar-refractivity contribution in [2.24, 2.45) is 5.92 Å². The molecule has 0 spiro atoms. The number of likely N-dealkylation sites (N-methyl/N-ethyl adjacent to an activating group) is 1. The first-order chi connectivity index (χ1) is 12.0. The predicted molar refractivity (Wildman–Crippen MR) is 100.0 cm³/mol. The second kappa shape index (κ2) is 6.42. The number of aromatic nitrogens is 1. The van der Waals surface area contributed by atoms with Gasteiger partial charge in [0.15, 0.2) is 0 Å². The highest BCUT2D eigenvalue weighted by Gasteiger charge is 2.36. The van der Waals surface area contributed by atoms with Crippen LogP contribution in [-0.4, -0.2) is 54.0 Å². The first-order valence-corrected chi connectivity index (χ1v) is 9.61. The van der Waals surface area contributed by atoms with Crippen molar-refractivity contribution in [3.8, 4) is 10.4 Å². The van der Waals surface area contributed by atoms with Gasteiger partial charge in [-0.1, -0.05) is 6.07 Å². The number of rotatable bonds is 3. The SMILES string of the molecule is CN(C)CC(=O)N1C[C@H]2C[C@H](C1)c1ccc(-c3cccs3)c(=O)n1C2. The Hall–Kier alpha value is -1.92. The van der Waals surface area contributed by atoms with Crippen LogP contribution in [0.5, 0.6) is 0 Å². The van der Waals surface area contributed by atoms with Crippen molar-refractivity contribution in [1.29, 1.82) is 0 Å². The van der Waals surface area contributed by atoms with Gasteiger partial charge in [-0.3, -0.25) is 9.59 Å². The summed E-state index contributed by atoms with van der Waals surface area (Å²) in [6.07, 6.45) is 1.07. The van der Waals surface area contributed by atoms with E-state index < -0.39 is 0 Å². The third kappa shape index (κ3) is 3.04. The summed E-state index contributed by atoms with van der Waals surface area (Å²) in [6.45, 7) is 2.65.